The monoisotopic (exact) mass is 394 g/mol. The molecule has 11 heteroatoms. The number of fused-ring (bicyclic) bond motifs is 1. The molecule has 0 bridgehead atoms. The Balaban J connectivity index is 2.39. The van der Waals surface area contributed by atoms with Gasteiger partial charge in [0.25, 0.3) is 0 Å². The number of ether oxygens (including phenoxy) is 3. The summed E-state index contributed by atoms with van der Waals surface area (Å²) in [5.74, 6) is 1.57. The van der Waals surface area contributed by atoms with Crippen LogP contribution in [-0.2, 0) is 0 Å². The van der Waals surface area contributed by atoms with Gasteiger partial charge in [0.2, 0.25) is 5.96 Å². The maximum atomic E-state index is 9.45. The quantitative estimate of drug-likeness (QED) is 0.433. The van der Waals surface area contributed by atoms with Crippen molar-refractivity contribution in [1.29, 1.82) is 10.5 Å². The van der Waals surface area contributed by atoms with Gasteiger partial charge in [0.1, 0.15) is 35.1 Å². The average molecular weight is 394 g/mol. The number of nitriles is 2. The first kappa shape index (κ1) is 19.4. The molecule has 0 radical (unpaired) electrons. The van der Waals surface area contributed by atoms with Gasteiger partial charge in [0.15, 0.2) is 17.7 Å². The summed E-state index contributed by atoms with van der Waals surface area (Å²) in [5.41, 5.74) is 13.2. The number of benzene rings is 1. The number of nitrogens with one attached hydrogen (secondary N) is 2. The van der Waals surface area contributed by atoms with E-state index in [0.29, 0.717) is 28.4 Å². The number of nitrogen functional groups attached to an aromatic ring is 2. The zero-order valence-electron chi connectivity index (χ0n) is 15.9. The maximum Gasteiger partial charge on any atom is 0.211 e. The second kappa shape index (κ2) is 7.70. The van der Waals surface area contributed by atoms with Crippen LogP contribution >= 0.6 is 0 Å². The summed E-state index contributed by atoms with van der Waals surface area (Å²) in [4.78, 5) is 8.76. The van der Waals surface area contributed by atoms with Crippen LogP contribution in [0.4, 0.5) is 17.3 Å². The molecule has 0 spiro atoms. The molecule has 1 aliphatic rings. The number of pyridine rings is 1. The van der Waals surface area contributed by atoms with Crippen molar-refractivity contribution in [2.45, 2.75) is 6.04 Å². The minimum Gasteiger partial charge on any atom is -0.496 e. The molecule has 0 amide bonds. The summed E-state index contributed by atoms with van der Waals surface area (Å²) in [6.07, 6.45) is 1.80. The molecule has 1 aromatic carbocycles. The van der Waals surface area contributed by atoms with Crippen molar-refractivity contribution in [3.05, 3.63) is 28.8 Å². The van der Waals surface area contributed by atoms with Crippen molar-refractivity contribution in [3.8, 4) is 29.5 Å². The number of aliphatic imine (C=N–C) groups is 1. The molecule has 29 heavy (non-hydrogen) atoms. The number of aromatic nitrogens is 1. The molecule has 0 fully saturated rings. The Labute approximate surface area is 166 Å². The lowest BCUT2D eigenvalue weighted by atomic mass is 9.93. The lowest BCUT2D eigenvalue weighted by molar-refractivity contribution is 0.342. The van der Waals surface area contributed by atoms with E-state index in [9.17, 15) is 5.26 Å². The van der Waals surface area contributed by atoms with E-state index in [0.717, 1.165) is 0 Å². The van der Waals surface area contributed by atoms with Crippen molar-refractivity contribution >= 4 is 23.3 Å². The van der Waals surface area contributed by atoms with Crippen molar-refractivity contribution in [1.82, 2.24) is 10.3 Å². The van der Waals surface area contributed by atoms with E-state index < -0.39 is 6.04 Å². The molecule has 3 rings (SSSR count). The molecule has 2 heterocycles. The van der Waals surface area contributed by atoms with Crippen LogP contribution in [0.15, 0.2) is 17.1 Å². The third kappa shape index (κ3) is 3.11. The van der Waals surface area contributed by atoms with Gasteiger partial charge in [-0.2, -0.15) is 10.5 Å². The molecule has 2 aromatic rings. The normalized spacial score (nSPS) is 14.4. The molecule has 0 saturated heterocycles. The highest BCUT2D eigenvalue weighted by Gasteiger charge is 2.34. The predicted octanol–water partition coefficient (Wildman–Crippen LogP) is 1.09. The van der Waals surface area contributed by atoms with Gasteiger partial charge in [-0.1, -0.05) is 0 Å². The SMILES string of the molecule is COc1ccc(OC)c(C2N=C(NC#N)Nc3nc(N)c(C#N)c(N)c32)c1OC. The molecule has 1 aliphatic heterocycles. The fourth-order valence-electron chi connectivity index (χ4n) is 3.16. The molecule has 6 N–H and O–H groups in total. The summed E-state index contributed by atoms with van der Waals surface area (Å²) in [7, 11) is 4.48. The summed E-state index contributed by atoms with van der Waals surface area (Å²) < 4.78 is 16.5. The highest BCUT2D eigenvalue weighted by molar-refractivity contribution is 5.98. The minimum atomic E-state index is -0.831. The average Bonchev–Trinajstić information content (AvgIpc) is 2.72. The van der Waals surface area contributed by atoms with Gasteiger partial charge in [0, 0.05) is 5.56 Å². The standard InChI is InChI=1S/C18H18N8O3/c1-27-9-4-5-10(28-2)15(29-3)11(9)14-12-13(21)8(6-19)16(22)25-17(12)26-18(24-14)23-7-20/h4-5,14H,1-3H3,(H6,21,22,23,24,25,26). The second-order valence-corrected chi connectivity index (χ2v) is 5.82. The molecule has 148 valence electrons. The lowest BCUT2D eigenvalue weighted by Gasteiger charge is -2.28. The van der Waals surface area contributed by atoms with Gasteiger partial charge in [-0.05, 0) is 12.1 Å². The number of nitrogens with two attached hydrogens (primary N) is 2. The van der Waals surface area contributed by atoms with E-state index in [1.54, 1.807) is 18.3 Å². The third-order valence-electron chi connectivity index (χ3n) is 4.39. The first-order valence-corrected chi connectivity index (χ1v) is 8.28. The maximum absolute atomic E-state index is 9.45. The zero-order valence-corrected chi connectivity index (χ0v) is 15.9. The number of hydrogen-bond acceptors (Lipinski definition) is 11. The van der Waals surface area contributed by atoms with Crippen molar-refractivity contribution in [2.24, 2.45) is 4.99 Å². The predicted molar refractivity (Wildman–Crippen MR) is 106 cm³/mol. The van der Waals surface area contributed by atoms with Crippen molar-refractivity contribution in [2.75, 3.05) is 38.1 Å². The van der Waals surface area contributed by atoms with Crippen LogP contribution in [-0.4, -0.2) is 32.3 Å². The van der Waals surface area contributed by atoms with Crippen LogP contribution in [0, 0.1) is 22.8 Å². The largest absolute Gasteiger partial charge is 0.496 e. The fourth-order valence-corrected chi connectivity index (χ4v) is 3.16. The van der Waals surface area contributed by atoms with Crippen LogP contribution in [0.1, 0.15) is 22.7 Å². The van der Waals surface area contributed by atoms with Gasteiger partial charge in [-0.15, -0.1) is 0 Å². The van der Waals surface area contributed by atoms with E-state index in [-0.39, 0.29) is 28.8 Å². The lowest BCUT2D eigenvalue weighted by Crippen LogP contribution is -2.33. The molecule has 0 saturated carbocycles. The summed E-state index contributed by atoms with van der Waals surface area (Å²) in [6, 6.07) is 4.51. The highest BCUT2D eigenvalue weighted by Crippen LogP contribution is 2.49. The number of nitrogens with zero attached hydrogens (tertiary/aromatic N) is 4. The number of hydrogen-bond donors (Lipinski definition) is 4. The minimum absolute atomic E-state index is 0.0308. The fraction of sp³-hybridized carbons (Fsp3) is 0.222. The van der Waals surface area contributed by atoms with Gasteiger partial charge in [-0.3, -0.25) is 5.32 Å². The Morgan fingerprint density at radius 1 is 1.07 bits per heavy atom. The van der Waals surface area contributed by atoms with Gasteiger partial charge >= 0.3 is 0 Å². The van der Waals surface area contributed by atoms with Crippen molar-refractivity contribution < 1.29 is 14.2 Å². The summed E-state index contributed by atoms with van der Waals surface area (Å²) >= 11 is 0. The van der Waals surface area contributed by atoms with Gasteiger partial charge in [0.05, 0.1) is 32.6 Å². The van der Waals surface area contributed by atoms with Gasteiger partial charge < -0.3 is 31.0 Å². The van der Waals surface area contributed by atoms with Crippen LogP contribution < -0.4 is 36.3 Å². The van der Waals surface area contributed by atoms with E-state index >= 15 is 0 Å². The van der Waals surface area contributed by atoms with Crippen LogP contribution in [0.25, 0.3) is 0 Å². The molecular formula is C18H18N8O3. The Hall–Kier alpha value is -4.38. The third-order valence-corrected chi connectivity index (χ3v) is 4.39. The Kier molecular flexibility index (Phi) is 5.15. The van der Waals surface area contributed by atoms with Crippen LogP contribution in [0.5, 0.6) is 17.2 Å². The van der Waals surface area contributed by atoms with E-state index in [4.69, 9.17) is 30.9 Å². The second-order valence-electron chi connectivity index (χ2n) is 5.82. The van der Waals surface area contributed by atoms with Crippen LogP contribution in [0.3, 0.4) is 0 Å². The number of rotatable bonds is 4. The first-order chi connectivity index (χ1) is 14.0. The smallest absolute Gasteiger partial charge is 0.211 e. The molecule has 11 nitrogen and oxygen atoms in total. The van der Waals surface area contributed by atoms with E-state index in [1.807, 2.05) is 6.07 Å². The van der Waals surface area contributed by atoms with Crippen molar-refractivity contribution in [3.63, 3.8) is 0 Å². The molecular weight excluding hydrogens is 376 g/mol. The number of guanidine groups is 1. The molecule has 1 unspecified atom stereocenters. The van der Waals surface area contributed by atoms with Crippen LogP contribution in [0.2, 0.25) is 0 Å². The van der Waals surface area contributed by atoms with E-state index in [1.165, 1.54) is 21.3 Å². The first-order valence-electron chi connectivity index (χ1n) is 8.28. The molecule has 1 aromatic heterocycles. The zero-order chi connectivity index (χ0) is 21.1. The summed E-state index contributed by atoms with van der Waals surface area (Å²) in [5, 5.41) is 23.8. The van der Waals surface area contributed by atoms with E-state index in [2.05, 4.69) is 20.6 Å². The topological polar surface area (TPSA) is 177 Å². The summed E-state index contributed by atoms with van der Waals surface area (Å²) in [6.45, 7) is 0. The Morgan fingerprint density at radius 3 is 2.34 bits per heavy atom. The molecule has 0 aliphatic carbocycles. The Bertz CT molecular complexity index is 1080. The Morgan fingerprint density at radius 2 is 1.76 bits per heavy atom. The molecule has 1 atom stereocenters. The highest BCUT2D eigenvalue weighted by atomic mass is 16.5. The number of anilines is 3. The number of methoxy groups -OCH3 is 3. The van der Waals surface area contributed by atoms with Gasteiger partial charge in [-0.25, -0.2) is 9.98 Å².